The predicted molar refractivity (Wildman–Crippen MR) is 74.7 cm³/mol. The van der Waals surface area contributed by atoms with Crippen molar-refractivity contribution in [2.75, 3.05) is 0 Å². The number of amides is 1. The SMILES string of the molecule is O=C(NCc1ncn[nH]1)C1(c2ccc(F)cc2F)CCCC1. The molecule has 0 aliphatic heterocycles. The Labute approximate surface area is 126 Å². The van der Waals surface area contributed by atoms with E-state index in [1.807, 2.05) is 0 Å². The van der Waals surface area contributed by atoms with Crippen LogP contribution in [0.25, 0.3) is 0 Å². The molecule has 0 radical (unpaired) electrons. The maximum Gasteiger partial charge on any atom is 0.231 e. The molecule has 5 nitrogen and oxygen atoms in total. The molecule has 0 atom stereocenters. The van der Waals surface area contributed by atoms with Gasteiger partial charge < -0.3 is 5.32 Å². The number of halogens is 2. The minimum absolute atomic E-state index is 0.198. The van der Waals surface area contributed by atoms with E-state index in [0.29, 0.717) is 18.7 Å². The number of carbonyl (C=O) groups excluding carboxylic acids is 1. The summed E-state index contributed by atoms with van der Waals surface area (Å²) in [6, 6.07) is 3.41. The van der Waals surface area contributed by atoms with Crippen molar-refractivity contribution >= 4 is 5.91 Å². The first-order valence-corrected chi connectivity index (χ1v) is 7.20. The van der Waals surface area contributed by atoms with Crippen molar-refractivity contribution in [1.82, 2.24) is 20.5 Å². The summed E-state index contributed by atoms with van der Waals surface area (Å²) in [5, 5.41) is 9.14. The van der Waals surface area contributed by atoms with Gasteiger partial charge in [0.15, 0.2) is 0 Å². The molecule has 1 amide bonds. The zero-order valence-electron chi connectivity index (χ0n) is 11.9. The molecule has 2 aromatic rings. The van der Waals surface area contributed by atoms with Crippen LogP contribution in [-0.4, -0.2) is 21.1 Å². The lowest BCUT2D eigenvalue weighted by atomic mass is 9.77. The highest BCUT2D eigenvalue weighted by molar-refractivity contribution is 5.88. The van der Waals surface area contributed by atoms with Crippen molar-refractivity contribution in [1.29, 1.82) is 0 Å². The number of aromatic nitrogens is 3. The van der Waals surface area contributed by atoms with Crippen LogP contribution in [-0.2, 0) is 16.8 Å². The quantitative estimate of drug-likeness (QED) is 0.910. The van der Waals surface area contributed by atoms with Gasteiger partial charge in [-0.05, 0) is 18.9 Å². The fourth-order valence-electron chi connectivity index (χ4n) is 3.12. The van der Waals surface area contributed by atoms with Crippen LogP contribution in [0.3, 0.4) is 0 Å². The molecule has 1 aromatic heterocycles. The summed E-state index contributed by atoms with van der Waals surface area (Å²) >= 11 is 0. The Morgan fingerprint density at radius 2 is 2.09 bits per heavy atom. The molecule has 116 valence electrons. The van der Waals surface area contributed by atoms with Crippen LogP contribution in [0.5, 0.6) is 0 Å². The number of rotatable bonds is 4. The van der Waals surface area contributed by atoms with Gasteiger partial charge in [0.25, 0.3) is 0 Å². The summed E-state index contributed by atoms with van der Waals surface area (Å²) in [5.74, 6) is -1.04. The van der Waals surface area contributed by atoms with Crippen molar-refractivity contribution in [3.05, 3.63) is 47.5 Å². The zero-order valence-corrected chi connectivity index (χ0v) is 11.9. The molecule has 1 aliphatic carbocycles. The molecule has 1 fully saturated rings. The summed E-state index contributed by atoms with van der Waals surface area (Å²) < 4.78 is 27.3. The molecule has 0 bridgehead atoms. The second-order valence-corrected chi connectivity index (χ2v) is 5.53. The largest absolute Gasteiger partial charge is 0.348 e. The number of nitrogens with zero attached hydrogens (tertiary/aromatic N) is 2. The van der Waals surface area contributed by atoms with Crippen LogP contribution in [0.2, 0.25) is 0 Å². The predicted octanol–water partition coefficient (Wildman–Crippen LogP) is 2.21. The maximum atomic E-state index is 14.2. The van der Waals surface area contributed by atoms with Gasteiger partial charge in [-0.1, -0.05) is 18.9 Å². The molecule has 0 saturated heterocycles. The zero-order chi connectivity index (χ0) is 15.6. The lowest BCUT2D eigenvalue weighted by molar-refractivity contribution is -0.127. The Morgan fingerprint density at radius 1 is 1.32 bits per heavy atom. The Balaban J connectivity index is 1.86. The van der Waals surface area contributed by atoms with Gasteiger partial charge in [-0.2, -0.15) is 5.10 Å². The maximum absolute atomic E-state index is 14.2. The number of aromatic amines is 1. The molecule has 1 aliphatic rings. The molecule has 0 spiro atoms. The Kier molecular flexibility index (Phi) is 3.87. The molecule has 7 heteroatoms. The van der Waals surface area contributed by atoms with Crippen LogP contribution in [0.4, 0.5) is 8.78 Å². The fourth-order valence-corrected chi connectivity index (χ4v) is 3.12. The molecular formula is C15H16F2N4O. The molecule has 1 saturated carbocycles. The summed E-state index contributed by atoms with van der Waals surface area (Å²) in [7, 11) is 0. The first kappa shape index (κ1) is 14.6. The van der Waals surface area contributed by atoms with E-state index in [9.17, 15) is 13.6 Å². The van der Waals surface area contributed by atoms with E-state index in [1.165, 1.54) is 18.5 Å². The van der Waals surface area contributed by atoms with E-state index >= 15 is 0 Å². The third kappa shape index (κ3) is 2.58. The Bertz CT molecular complexity index is 666. The molecule has 1 heterocycles. The van der Waals surface area contributed by atoms with Crippen molar-refractivity contribution in [2.45, 2.75) is 37.6 Å². The van der Waals surface area contributed by atoms with Gasteiger partial charge in [0.05, 0.1) is 12.0 Å². The number of nitrogens with one attached hydrogen (secondary N) is 2. The first-order chi connectivity index (χ1) is 10.6. The van der Waals surface area contributed by atoms with Crippen LogP contribution in [0.15, 0.2) is 24.5 Å². The highest BCUT2D eigenvalue weighted by Crippen LogP contribution is 2.42. The second kappa shape index (κ2) is 5.82. The van der Waals surface area contributed by atoms with E-state index in [0.717, 1.165) is 18.9 Å². The summed E-state index contributed by atoms with van der Waals surface area (Å²) in [6.07, 6.45) is 4.14. The van der Waals surface area contributed by atoms with Crippen molar-refractivity contribution in [2.24, 2.45) is 0 Å². The van der Waals surface area contributed by atoms with E-state index in [2.05, 4.69) is 20.5 Å². The van der Waals surface area contributed by atoms with Gasteiger partial charge in [-0.15, -0.1) is 0 Å². The van der Waals surface area contributed by atoms with Gasteiger partial charge in [-0.25, -0.2) is 13.8 Å². The number of H-pyrrole nitrogens is 1. The summed E-state index contributed by atoms with van der Waals surface area (Å²) in [4.78, 5) is 16.6. The minimum Gasteiger partial charge on any atom is -0.348 e. The van der Waals surface area contributed by atoms with Crippen LogP contribution in [0, 0.1) is 11.6 Å². The van der Waals surface area contributed by atoms with Crippen molar-refractivity contribution in [3.8, 4) is 0 Å². The summed E-state index contributed by atoms with van der Waals surface area (Å²) in [6.45, 7) is 0.198. The van der Waals surface area contributed by atoms with E-state index in [4.69, 9.17) is 0 Å². The van der Waals surface area contributed by atoms with Crippen LogP contribution >= 0.6 is 0 Å². The molecule has 3 rings (SSSR count). The highest BCUT2D eigenvalue weighted by Gasteiger charge is 2.44. The third-order valence-corrected chi connectivity index (χ3v) is 4.22. The van der Waals surface area contributed by atoms with Crippen molar-refractivity contribution < 1.29 is 13.6 Å². The van der Waals surface area contributed by atoms with E-state index < -0.39 is 17.0 Å². The lowest BCUT2D eigenvalue weighted by Crippen LogP contribution is -2.43. The molecule has 0 unspecified atom stereocenters. The van der Waals surface area contributed by atoms with Crippen molar-refractivity contribution in [3.63, 3.8) is 0 Å². The number of hydrogen-bond acceptors (Lipinski definition) is 3. The van der Waals surface area contributed by atoms with Gasteiger partial charge in [0.1, 0.15) is 23.8 Å². The van der Waals surface area contributed by atoms with Gasteiger partial charge >= 0.3 is 0 Å². The van der Waals surface area contributed by atoms with Gasteiger partial charge in [0.2, 0.25) is 5.91 Å². The normalized spacial score (nSPS) is 16.6. The molecule has 2 N–H and O–H groups in total. The first-order valence-electron chi connectivity index (χ1n) is 7.20. The fraction of sp³-hybridized carbons (Fsp3) is 0.400. The molecular weight excluding hydrogens is 290 g/mol. The van der Waals surface area contributed by atoms with E-state index in [1.54, 1.807) is 0 Å². The Hall–Kier alpha value is -2.31. The highest BCUT2D eigenvalue weighted by atomic mass is 19.1. The number of hydrogen-bond donors (Lipinski definition) is 2. The number of carbonyl (C=O) groups is 1. The average Bonchev–Trinajstić information content (AvgIpc) is 3.17. The van der Waals surface area contributed by atoms with Crippen LogP contribution in [0.1, 0.15) is 37.1 Å². The molecule has 1 aromatic carbocycles. The topological polar surface area (TPSA) is 70.7 Å². The van der Waals surface area contributed by atoms with Crippen LogP contribution < -0.4 is 5.32 Å². The summed E-state index contributed by atoms with van der Waals surface area (Å²) in [5.41, 5.74) is -0.667. The van der Waals surface area contributed by atoms with Gasteiger partial charge in [-0.3, -0.25) is 9.89 Å². The van der Waals surface area contributed by atoms with E-state index in [-0.39, 0.29) is 18.0 Å². The Morgan fingerprint density at radius 3 is 2.73 bits per heavy atom. The minimum atomic E-state index is -0.933. The third-order valence-electron chi connectivity index (χ3n) is 4.22. The monoisotopic (exact) mass is 306 g/mol. The standard InChI is InChI=1S/C15H16F2N4O/c16-10-3-4-11(12(17)7-10)15(5-1-2-6-15)14(22)18-8-13-19-9-20-21-13/h3-4,7,9H,1-2,5-6,8H2,(H,18,22)(H,19,20,21). The average molecular weight is 306 g/mol. The number of benzene rings is 1. The second-order valence-electron chi connectivity index (χ2n) is 5.53. The van der Waals surface area contributed by atoms with Gasteiger partial charge in [0, 0.05) is 11.6 Å². The lowest BCUT2D eigenvalue weighted by Gasteiger charge is -2.28. The smallest absolute Gasteiger partial charge is 0.231 e. The molecule has 22 heavy (non-hydrogen) atoms.